The average Bonchev–Trinajstić information content (AvgIpc) is 3.06. The zero-order chi connectivity index (χ0) is 22.7. The number of aromatic nitrogens is 1. The normalized spacial score (nSPS) is 13.1. The van der Waals surface area contributed by atoms with Gasteiger partial charge in [-0.1, -0.05) is 55.8 Å². The number of H-pyrrole nitrogens is 1. The molecule has 7 heteroatoms. The van der Waals surface area contributed by atoms with Crippen LogP contribution in [0.5, 0.6) is 0 Å². The molecule has 0 bridgehead atoms. The van der Waals surface area contributed by atoms with Crippen molar-refractivity contribution in [3.05, 3.63) is 70.4 Å². The van der Waals surface area contributed by atoms with Gasteiger partial charge in [-0.2, -0.15) is 0 Å². The lowest BCUT2D eigenvalue weighted by molar-refractivity contribution is -0.149. The van der Waals surface area contributed by atoms with E-state index in [9.17, 15) is 14.4 Å². The van der Waals surface area contributed by atoms with Gasteiger partial charge in [0.15, 0.2) is 6.10 Å². The Morgan fingerprint density at radius 3 is 2.32 bits per heavy atom. The maximum absolute atomic E-state index is 13.1. The SMILES string of the molecule is Cc1[nH]c2ccccc2c1C(=O)C(C)OC(=O)[C@@H](NC(=O)c1ccccc1Cl)C(C)C. The number of amides is 1. The highest BCUT2D eigenvalue weighted by atomic mass is 35.5. The van der Waals surface area contributed by atoms with Gasteiger partial charge in [-0.25, -0.2) is 4.79 Å². The van der Waals surface area contributed by atoms with Crippen molar-refractivity contribution in [3.8, 4) is 0 Å². The third kappa shape index (κ3) is 4.80. The Hall–Kier alpha value is -3.12. The minimum absolute atomic E-state index is 0.254. The molecule has 2 aromatic carbocycles. The third-order valence-corrected chi connectivity index (χ3v) is 5.46. The summed E-state index contributed by atoms with van der Waals surface area (Å²) >= 11 is 6.08. The summed E-state index contributed by atoms with van der Waals surface area (Å²) in [7, 11) is 0. The molecule has 162 valence electrons. The summed E-state index contributed by atoms with van der Waals surface area (Å²) in [4.78, 5) is 41.7. The fourth-order valence-electron chi connectivity index (χ4n) is 3.46. The van der Waals surface area contributed by atoms with Gasteiger partial charge in [-0.05, 0) is 38.0 Å². The van der Waals surface area contributed by atoms with Crippen LogP contribution in [0.2, 0.25) is 5.02 Å². The minimum atomic E-state index is -1.01. The molecule has 0 radical (unpaired) electrons. The molecule has 0 saturated carbocycles. The van der Waals surface area contributed by atoms with E-state index in [0.29, 0.717) is 11.3 Å². The Bertz CT molecular complexity index is 1140. The van der Waals surface area contributed by atoms with E-state index in [2.05, 4.69) is 10.3 Å². The van der Waals surface area contributed by atoms with Crippen LogP contribution in [0.4, 0.5) is 0 Å². The van der Waals surface area contributed by atoms with Crippen LogP contribution in [0, 0.1) is 12.8 Å². The molecule has 1 heterocycles. The Morgan fingerprint density at radius 2 is 1.65 bits per heavy atom. The Balaban J connectivity index is 1.75. The molecule has 6 nitrogen and oxygen atoms in total. The lowest BCUT2D eigenvalue weighted by Crippen LogP contribution is -2.46. The molecular weight excluding hydrogens is 416 g/mol. The molecule has 1 aromatic heterocycles. The van der Waals surface area contributed by atoms with Gasteiger partial charge in [0.25, 0.3) is 5.91 Å². The molecule has 0 aliphatic heterocycles. The standard InChI is InChI=1S/C24H25ClN2O4/c1-13(2)21(27-23(29)16-9-5-7-11-18(16)25)24(30)31-15(4)22(28)20-14(3)26-19-12-8-6-10-17(19)20/h5-13,15,21,26H,1-4H3,(H,27,29)/t15?,21-/m0/s1. The predicted molar refractivity (Wildman–Crippen MR) is 120 cm³/mol. The maximum Gasteiger partial charge on any atom is 0.329 e. The number of aryl methyl sites for hydroxylation is 1. The van der Waals surface area contributed by atoms with Crippen molar-refractivity contribution in [2.45, 2.75) is 39.8 Å². The van der Waals surface area contributed by atoms with Gasteiger partial charge in [-0.3, -0.25) is 9.59 Å². The Kier molecular flexibility index (Phi) is 6.81. The van der Waals surface area contributed by atoms with Crippen molar-refractivity contribution in [2.24, 2.45) is 5.92 Å². The van der Waals surface area contributed by atoms with Gasteiger partial charge in [0.1, 0.15) is 6.04 Å². The van der Waals surface area contributed by atoms with E-state index in [1.54, 1.807) is 38.1 Å². The van der Waals surface area contributed by atoms with Crippen LogP contribution < -0.4 is 5.32 Å². The summed E-state index contributed by atoms with van der Waals surface area (Å²) in [6.45, 7) is 6.92. The van der Waals surface area contributed by atoms with Gasteiger partial charge >= 0.3 is 5.97 Å². The first kappa shape index (κ1) is 22.6. The molecular formula is C24H25ClN2O4. The summed E-state index contributed by atoms with van der Waals surface area (Å²) < 4.78 is 5.48. The molecule has 2 N–H and O–H groups in total. The number of ketones is 1. The van der Waals surface area contributed by atoms with E-state index in [0.717, 1.165) is 10.9 Å². The third-order valence-electron chi connectivity index (χ3n) is 5.13. The zero-order valence-corrected chi connectivity index (χ0v) is 18.6. The van der Waals surface area contributed by atoms with Gasteiger partial charge < -0.3 is 15.0 Å². The van der Waals surface area contributed by atoms with Crippen LogP contribution in [-0.4, -0.2) is 34.8 Å². The molecule has 1 unspecified atom stereocenters. The lowest BCUT2D eigenvalue weighted by Gasteiger charge is -2.23. The Morgan fingerprint density at radius 1 is 1.00 bits per heavy atom. The predicted octanol–water partition coefficient (Wildman–Crippen LogP) is 4.70. The first-order valence-corrected chi connectivity index (χ1v) is 10.5. The van der Waals surface area contributed by atoms with Crippen molar-refractivity contribution in [2.75, 3.05) is 0 Å². The number of ether oxygens (including phenoxy) is 1. The number of benzene rings is 2. The lowest BCUT2D eigenvalue weighted by atomic mass is 10.0. The van der Waals surface area contributed by atoms with E-state index >= 15 is 0 Å². The van der Waals surface area contributed by atoms with Crippen LogP contribution in [-0.2, 0) is 9.53 Å². The number of aromatic amines is 1. The summed E-state index contributed by atoms with van der Waals surface area (Å²) in [6.07, 6.45) is -1.01. The highest BCUT2D eigenvalue weighted by Gasteiger charge is 2.31. The summed E-state index contributed by atoms with van der Waals surface area (Å²) in [5, 5.41) is 3.74. The molecule has 0 aliphatic carbocycles. The van der Waals surface area contributed by atoms with E-state index in [4.69, 9.17) is 16.3 Å². The van der Waals surface area contributed by atoms with Gasteiger partial charge in [0.2, 0.25) is 5.78 Å². The number of Topliss-reactive ketones (excluding diaryl/α,β-unsaturated/α-hetero) is 1. The number of hydrogen-bond acceptors (Lipinski definition) is 4. The number of nitrogens with one attached hydrogen (secondary N) is 2. The van der Waals surface area contributed by atoms with Crippen molar-refractivity contribution >= 4 is 40.2 Å². The average molecular weight is 441 g/mol. The number of para-hydroxylation sites is 1. The smallest absolute Gasteiger partial charge is 0.329 e. The molecule has 0 spiro atoms. The molecule has 0 saturated heterocycles. The van der Waals surface area contributed by atoms with Crippen LogP contribution in [0.25, 0.3) is 10.9 Å². The second-order valence-corrected chi connectivity index (χ2v) is 8.20. The largest absolute Gasteiger partial charge is 0.453 e. The van der Waals surface area contributed by atoms with Crippen LogP contribution in [0.3, 0.4) is 0 Å². The van der Waals surface area contributed by atoms with Crippen LogP contribution in [0.1, 0.15) is 47.2 Å². The number of hydrogen-bond donors (Lipinski definition) is 2. The molecule has 31 heavy (non-hydrogen) atoms. The van der Waals surface area contributed by atoms with Crippen LogP contribution >= 0.6 is 11.6 Å². The molecule has 0 aliphatic rings. The van der Waals surface area contributed by atoms with Crippen molar-refractivity contribution < 1.29 is 19.1 Å². The fraction of sp³-hybridized carbons (Fsp3) is 0.292. The Labute approximate surface area is 185 Å². The van der Waals surface area contributed by atoms with Crippen LogP contribution in [0.15, 0.2) is 48.5 Å². The maximum atomic E-state index is 13.1. The molecule has 3 rings (SSSR count). The first-order valence-electron chi connectivity index (χ1n) is 10.1. The second-order valence-electron chi connectivity index (χ2n) is 7.79. The second kappa shape index (κ2) is 9.35. The van der Waals surface area contributed by atoms with Gasteiger partial charge in [-0.15, -0.1) is 0 Å². The number of esters is 1. The number of carbonyl (C=O) groups excluding carboxylic acids is 3. The number of halogens is 1. The monoisotopic (exact) mass is 440 g/mol. The van der Waals surface area contributed by atoms with Crippen molar-refractivity contribution in [1.82, 2.24) is 10.3 Å². The number of carbonyl (C=O) groups is 3. The number of fused-ring (bicyclic) bond motifs is 1. The van der Waals surface area contributed by atoms with Gasteiger partial charge in [0, 0.05) is 22.2 Å². The first-order chi connectivity index (χ1) is 14.7. The van der Waals surface area contributed by atoms with E-state index in [-0.39, 0.29) is 22.3 Å². The summed E-state index contributed by atoms with van der Waals surface area (Å²) in [5.74, 6) is -1.71. The van der Waals surface area contributed by atoms with Crippen molar-refractivity contribution in [3.63, 3.8) is 0 Å². The minimum Gasteiger partial charge on any atom is -0.453 e. The van der Waals surface area contributed by atoms with Gasteiger partial charge in [0.05, 0.1) is 10.6 Å². The zero-order valence-electron chi connectivity index (χ0n) is 17.9. The number of rotatable bonds is 7. The molecule has 1 amide bonds. The fourth-order valence-corrected chi connectivity index (χ4v) is 3.68. The molecule has 2 atom stereocenters. The molecule has 3 aromatic rings. The quantitative estimate of drug-likeness (QED) is 0.411. The van der Waals surface area contributed by atoms with Crippen molar-refractivity contribution in [1.29, 1.82) is 0 Å². The van der Waals surface area contributed by atoms with E-state index in [1.807, 2.05) is 31.2 Å². The van der Waals surface area contributed by atoms with E-state index < -0.39 is 24.0 Å². The summed E-state index contributed by atoms with van der Waals surface area (Å²) in [5.41, 5.74) is 2.31. The topological polar surface area (TPSA) is 88.3 Å². The highest BCUT2D eigenvalue weighted by molar-refractivity contribution is 6.33. The molecule has 0 fully saturated rings. The highest BCUT2D eigenvalue weighted by Crippen LogP contribution is 2.24. The summed E-state index contributed by atoms with van der Waals surface area (Å²) in [6, 6.07) is 13.1. The van der Waals surface area contributed by atoms with E-state index in [1.165, 1.54) is 6.92 Å².